The van der Waals surface area contributed by atoms with Gasteiger partial charge in [0.15, 0.2) is 0 Å². The number of halogens is 2. The van der Waals surface area contributed by atoms with Crippen molar-refractivity contribution >= 4 is 11.6 Å². The van der Waals surface area contributed by atoms with E-state index in [4.69, 9.17) is 11.6 Å². The van der Waals surface area contributed by atoms with Gasteiger partial charge in [-0.3, -0.25) is 4.90 Å². The van der Waals surface area contributed by atoms with Gasteiger partial charge >= 0.3 is 0 Å². The molecule has 1 aliphatic rings. The van der Waals surface area contributed by atoms with Crippen LogP contribution in [0.15, 0.2) is 18.2 Å². The van der Waals surface area contributed by atoms with Crippen LogP contribution in [0.3, 0.4) is 0 Å². The van der Waals surface area contributed by atoms with Crippen molar-refractivity contribution in [2.24, 2.45) is 5.92 Å². The summed E-state index contributed by atoms with van der Waals surface area (Å²) in [4.78, 5) is 2.42. The first-order valence-electron chi connectivity index (χ1n) is 7.03. The van der Waals surface area contributed by atoms with Gasteiger partial charge < -0.3 is 5.32 Å². The Kier molecular flexibility index (Phi) is 5.20. The molecule has 0 saturated carbocycles. The molecule has 0 spiro atoms. The predicted molar refractivity (Wildman–Crippen MR) is 78.0 cm³/mol. The Balaban J connectivity index is 2.33. The molecule has 0 bridgehead atoms. The van der Waals surface area contributed by atoms with Crippen molar-refractivity contribution < 1.29 is 4.39 Å². The molecular formula is C15H22ClFN2. The molecule has 0 aromatic heterocycles. The monoisotopic (exact) mass is 284 g/mol. The summed E-state index contributed by atoms with van der Waals surface area (Å²) in [5, 5.41) is 4.03. The van der Waals surface area contributed by atoms with Crippen LogP contribution in [0.4, 0.5) is 4.39 Å². The first kappa shape index (κ1) is 14.8. The highest BCUT2D eigenvalue weighted by Crippen LogP contribution is 2.35. The van der Waals surface area contributed by atoms with E-state index in [1.165, 1.54) is 6.07 Å². The molecule has 1 aromatic carbocycles. The number of rotatable bonds is 4. The fourth-order valence-electron chi connectivity index (χ4n) is 2.79. The molecular weight excluding hydrogens is 263 g/mol. The van der Waals surface area contributed by atoms with E-state index in [1.807, 2.05) is 0 Å². The Bertz CT molecular complexity index is 419. The van der Waals surface area contributed by atoms with Crippen molar-refractivity contribution in [2.75, 3.05) is 26.2 Å². The van der Waals surface area contributed by atoms with E-state index in [0.717, 1.165) is 38.2 Å². The highest BCUT2D eigenvalue weighted by Gasteiger charge is 2.28. The molecule has 1 aliphatic heterocycles. The minimum absolute atomic E-state index is 0.204. The van der Waals surface area contributed by atoms with Crippen LogP contribution in [-0.4, -0.2) is 31.1 Å². The van der Waals surface area contributed by atoms with Crippen LogP contribution >= 0.6 is 11.6 Å². The van der Waals surface area contributed by atoms with Crippen molar-refractivity contribution in [3.63, 3.8) is 0 Å². The van der Waals surface area contributed by atoms with E-state index in [0.29, 0.717) is 10.9 Å². The van der Waals surface area contributed by atoms with E-state index in [2.05, 4.69) is 24.1 Å². The molecule has 2 atom stereocenters. The third-order valence-electron chi connectivity index (χ3n) is 4.00. The Morgan fingerprint density at radius 3 is 2.68 bits per heavy atom. The summed E-state index contributed by atoms with van der Waals surface area (Å²) in [6.07, 6.45) is 1.06. The molecule has 4 heteroatoms. The summed E-state index contributed by atoms with van der Waals surface area (Å²) in [7, 11) is 0. The van der Waals surface area contributed by atoms with Gasteiger partial charge in [-0.25, -0.2) is 4.39 Å². The third kappa shape index (κ3) is 3.47. The lowest BCUT2D eigenvalue weighted by Crippen LogP contribution is -2.46. The van der Waals surface area contributed by atoms with Crippen molar-refractivity contribution in [1.82, 2.24) is 10.2 Å². The number of piperazine rings is 1. The second-order valence-electron chi connectivity index (χ2n) is 5.28. The highest BCUT2D eigenvalue weighted by atomic mass is 35.5. The van der Waals surface area contributed by atoms with Gasteiger partial charge in [-0.05, 0) is 29.7 Å². The standard InChI is InChI=1S/C15H22ClFN2/c1-3-11(2)15(19-8-6-18-7-9-19)13-10-12(17)4-5-14(13)16/h4-5,10-11,15,18H,3,6-9H2,1-2H3/t11?,15-/m1/s1. The maximum Gasteiger partial charge on any atom is 0.123 e. The molecule has 19 heavy (non-hydrogen) atoms. The zero-order valence-electron chi connectivity index (χ0n) is 11.6. The van der Waals surface area contributed by atoms with Gasteiger partial charge in [0.25, 0.3) is 0 Å². The Labute approximate surface area is 119 Å². The topological polar surface area (TPSA) is 15.3 Å². The SMILES string of the molecule is CCC(C)[C@H](c1cc(F)ccc1Cl)N1CCNCC1. The van der Waals surface area contributed by atoms with Gasteiger partial charge in [0.2, 0.25) is 0 Å². The number of hydrogen-bond acceptors (Lipinski definition) is 2. The van der Waals surface area contributed by atoms with Crippen molar-refractivity contribution in [3.8, 4) is 0 Å². The second-order valence-corrected chi connectivity index (χ2v) is 5.69. The van der Waals surface area contributed by atoms with Gasteiger partial charge in [0, 0.05) is 37.2 Å². The van der Waals surface area contributed by atoms with Crippen LogP contribution in [0.5, 0.6) is 0 Å². The normalized spacial score (nSPS) is 20.2. The first-order chi connectivity index (χ1) is 9.13. The molecule has 2 nitrogen and oxygen atoms in total. The maximum absolute atomic E-state index is 13.6. The number of nitrogens with one attached hydrogen (secondary N) is 1. The average Bonchev–Trinajstić information content (AvgIpc) is 2.44. The summed E-state index contributed by atoms with van der Waals surface area (Å²) in [6.45, 7) is 8.34. The van der Waals surface area contributed by atoms with E-state index >= 15 is 0 Å². The van der Waals surface area contributed by atoms with Crippen LogP contribution in [0.25, 0.3) is 0 Å². The molecule has 106 valence electrons. The van der Waals surface area contributed by atoms with Gasteiger partial charge in [-0.15, -0.1) is 0 Å². The van der Waals surface area contributed by atoms with Crippen LogP contribution in [0.1, 0.15) is 31.9 Å². The minimum atomic E-state index is -0.206. The van der Waals surface area contributed by atoms with E-state index < -0.39 is 0 Å². The Morgan fingerprint density at radius 1 is 1.37 bits per heavy atom. The molecule has 1 N–H and O–H groups in total. The Morgan fingerprint density at radius 2 is 2.05 bits per heavy atom. The quantitative estimate of drug-likeness (QED) is 0.911. The molecule has 0 aliphatic carbocycles. The zero-order valence-corrected chi connectivity index (χ0v) is 12.4. The lowest BCUT2D eigenvalue weighted by atomic mass is 9.90. The summed E-state index contributed by atoms with van der Waals surface area (Å²) >= 11 is 6.30. The zero-order chi connectivity index (χ0) is 13.8. The van der Waals surface area contributed by atoms with Crippen molar-refractivity contribution in [1.29, 1.82) is 0 Å². The van der Waals surface area contributed by atoms with Crippen molar-refractivity contribution in [2.45, 2.75) is 26.3 Å². The van der Waals surface area contributed by atoms with E-state index in [1.54, 1.807) is 12.1 Å². The maximum atomic E-state index is 13.6. The fourth-order valence-corrected chi connectivity index (χ4v) is 3.02. The van der Waals surface area contributed by atoms with Gasteiger partial charge in [0.05, 0.1) is 0 Å². The average molecular weight is 285 g/mol. The fraction of sp³-hybridized carbons (Fsp3) is 0.600. The van der Waals surface area contributed by atoms with Crippen LogP contribution in [-0.2, 0) is 0 Å². The first-order valence-corrected chi connectivity index (χ1v) is 7.41. The van der Waals surface area contributed by atoms with Crippen LogP contribution < -0.4 is 5.32 Å². The number of benzene rings is 1. The van der Waals surface area contributed by atoms with Crippen molar-refractivity contribution in [3.05, 3.63) is 34.6 Å². The lowest BCUT2D eigenvalue weighted by molar-refractivity contribution is 0.128. The lowest BCUT2D eigenvalue weighted by Gasteiger charge is -2.38. The molecule has 1 heterocycles. The smallest absolute Gasteiger partial charge is 0.123 e. The minimum Gasteiger partial charge on any atom is -0.314 e. The third-order valence-corrected chi connectivity index (χ3v) is 4.35. The molecule has 1 fully saturated rings. The van der Waals surface area contributed by atoms with Gasteiger partial charge in [-0.2, -0.15) is 0 Å². The highest BCUT2D eigenvalue weighted by molar-refractivity contribution is 6.31. The van der Waals surface area contributed by atoms with E-state index in [-0.39, 0.29) is 11.9 Å². The van der Waals surface area contributed by atoms with Gasteiger partial charge in [-0.1, -0.05) is 31.9 Å². The molecule has 2 rings (SSSR count). The van der Waals surface area contributed by atoms with Gasteiger partial charge in [0.1, 0.15) is 5.82 Å². The molecule has 0 amide bonds. The largest absolute Gasteiger partial charge is 0.314 e. The van der Waals surface area contributed by atoms with Crippen LogP contribution in [0, 0.1) is 11.7 Å². The number of nitrogens with zero attached hydrogens (tertiary/aromatic N) is 1. The van der Waals surface area contributed by atoms with E-state index in [9.17, 15) is 4.39 Å². The number of hydrogen-bond donors (Lipinski definition) is 1. The van der Waals surface area contributed by atoms with Crippen LogP contribution in [0.2, 0.25) is 5.02 Å². The summed E-state index contributed by atoms with van der Waals surface area (Å²) in [6, 6.07) is 4.90. The summed E-state index contributed by atoms with van der Waals surface area (Å²) in [5.74, 6) is 0.250. The Hall–Kier alpha value is -0.640. The molecule has 1 saturated heterocycles. The molecule has 1 unspecified atom stereocenters. The molecule has 1 aromatic rings. The second kappa shape index (κ2) is 6.69. The predicted octanol–water partition coefficient (Wildman–Crippen LogP) is 3.47. The summed E-state index contributed by atoms with van der Waals surface area (Å²) < 4.78 is 13.6. The molecule has 0 radical (unpaired) electrons. The summed E-state index contributed by atoms with van der Waals surface area (Å²) in [5.41, 5.74) is 0.929.